The van der Waals surface area contributed by atoms with Crippen LogP contribution in [0, 0.1) is 0 Å². The Balaban J connectivity index is 2.20. The van der Waals surface area contributed by atoms with E-state index < -0.39 is 18.0 Å². The lowest BCUT2D eigenvalue weighted by atomic mass is 10.1. The molecule has 10 heteroatoms. The third kappa shape index (κ3) is 3.73. The molecule has 0 aliphatic heterocycles. The molecule has 1 heterocycles. The number of carbonyl (C=O) groups excluding carboxylic acids is 1. The van der Waals surface area contributed by atoms with E-state index >= 15 is 0 Å². The zero-order chi connectivity index (χ0) is 15.4. The van der Waals surface area contributed by atoms with Crippen molar-refractivity contribution in [3.05, 3.63) is 34.8 Å². The van der Waals surface area contributed by atoms with E-state index in [-0.39, 0.29) is 21.9 Å². The maximum absolute atomic E-state index is 11.7. The van der Waals surface area contributed by atoms with Gasteiger partial charge in [-0.3, -0.25) is 5.32 Å². The molecule has 2 aromatic rings. The highest BCUT2D eigenvalue weighted by atomic mass is 32.1. The number of anilines is 2. The van der Waals surface area contributed by atoms with Gasteiger partial charge in [0.05, 0.1) is 11.1 Å². The van der Waals surface area contributed by atoms with E-state index in [2.05, 4.69) is 20.8 Å². The first kappa shape index (κ1) is 14.4. The minimum absolute atomic E-state index is 0.0364. The Morgan fingerprint density at radius 1 is 1.00 bits per heavy atom. The van der Waals surface area contributed by atoms with Crippen molar-refractivity contribution in [3.63, 3.8) is 0 Å². The molecule has 2 amide bonds. The van der Waals surface area contributed by atoms with E-state index in [4.69, 9.17) is 10.2 Å². The van der Waals surface area contributed by atoms with Crippen molar-refractivity contribution in [3.8, 4) is 0 Å². The summed E-state index contributed by atoms with van der Waals surface area (Å²) in [6.07, 6.45) is 0. The minimum Gasteiger partial charge on any atom is -0.478 e. The molecule has 9 nitrogen and oxygen atoms in total. The summed E-state index contributed by atoms with van der Waals surface area (Å²) >= 11 is 1.10. The van der Waals surface area contributed by atoms with E-state index in [0.717, 1.165) is 29.5 Å². The lowest BCUT2D eigenvalue weighted by molar-refractivity contribution is 0.0696. The first-order valence-corrected chi connectivity index (χ1v) is 6.29. The Bertz CT molecular complexity index is 668. The molecule has 1 aromatic heterocycles. The summed E-state index contributed by atoms with van der Waals surface area (Å²) in [5, 5.41) is 29.9. The molecular weight excluding hydrogens is 300 g/mol. The number of benzene rings is 1. The van der Waals surface area contributed by atoms with E-state index in [9.17, 15) is 14.4 Å². The van der Waals surface area contributed by atoms with Gasteiger partial charge in [-0.25, -0.2) is 14.4 Å². The first-order chi connectivity index (χ1) is 9.95. The Morgan fingerprint density at radius 2 is 1.62 bits per heavy atom. The summed E-state index contributed by atoms with van der Waals surface area (Å²) in [5.74, 6) is -2.60. The number of carboxylic acids is 2. The topological polar surface area (TPSA) is 142 Å². The van der Waals surface area contributed by atoms with Crippen molar-refractivity contribution in [2.24, 2.45) is 0 Å². The van der Waals surface area contributed by atoms with E-state index in [0.29, 0.717) is 0 Å². The molecule has 0 aliphatic rings. The number of carbonyl (C=O) groups is 3. The molecule has 0 spiro atoms. The number of hydrogen-bond acceptors (Lipinski definition) is 6. The summed E-state index contributed by atoms with van der Waals surface area (Å²) in [4.78, 5) is 33.5. The van der Waals surface area contributed by atoms with E-state index in [1.54, 1.807) is 0 Å². The average Bonchev–Trinajstić information content (AvgIpc) is 2.90. The van der Waals surface area contributed by atoms with Crippen molar-refractivity contribution in [2.45, 2.75) is 0 Å². The van der Waals surface area contributed by atoms with Gasteiger partial charge in [-0.15, -0.1) is 10.2 Å². The van der Waals surface area contributed by atoms with Gasteiger partial charge in [0.2, 0.25) is 5.13 Å². The number of hydrogen-bond donors (Lipinski definition) is 4. The summed E-state index contributed by atoms with van der Waals surface area (Å²) in [6.45, 7) is 0. The standard InChI is InChI=1S/C11H8N4O5S/c16-8(17)5-1-6(9(18)19)3-7(2-5)13-10(20)14-11-15-12-4-21-11/h1-4H,(H,16,17)(H,18,19)(H2,13,14,15,20). The van der Waals surface area contributed by atoms with Gasteiger partial charge >= 0.3 is 18.0 Å². The van der Waals surface area contributed by atoms with Gasteiger partial charge in [-0.1, -0.05) is 11.3 Å². The van der Waals surface area contributed by atoms with Gasteiger partial charge in [0, 0.05) is 5.69 Å². The highest BCUT2D eigenvalue weighted by Crippen LogP contribution is 2.16. The van der Waals surface area contributed by atoms with Crippen LogP contribution in [0.15, 0.2) is 23.7 Å². The Hall–Kier alpha value is -3.01. The molecule has 0 bridgehead atoms. The fraction of sp³-hybridized carbons (Fsp3) is 0. The molecule has 0 saturated carbocycles. The molecule has 0 fully saturated rings. The molecule has 108 valence electrons. The van der Waals surface area contributed by atoms with Crippen LogP contribution < -0.4 is 10.6 Å². The van der Waals surface area contributed by atoms with Gasteiger partial charge in [0.15, 0.2) is 0 Å². The van der Waals surface area contributed by atoms with E-state index in [1.807, 2.05) is 0 Å². The summed E-state index contributed by atoms with van der Waals surface area (Å²) in [6, 6.07) is 2.60. The third-order valence-electron chi connectivity index (χ3n) is 2.27. The zero-order valence-electron chi connectivity index (χ0n) is 10.2. The van der Waals surface area contributed by atoms with Crippen molar-refractivity contribution in [1.29, 1.82) is 0 Å². The number of nitrogens with one attached hydrogen (secondary N) is 2. The Labute approximate surface area is 121 Å². The number of amides is 2. The first-order valence-electron chi connectivity index (χ1n) is 5.41. The maximum Gasteiger partial charge on any atom is 0.335 e. The van der Waals surface area contributed by atoms with E-state index in [1.165, 1.54) is 5.51 Å². The van der Waals surface area contributed by atoms with Crippen LogP contribution in [0.1, 0.15) is 20.7 Å². The monoisotopic (exact) mass is 308 g/mol. The smallest absolute Gasteiger partial charge is 0.335 e. The summed E-state index contributed by atoms with van der Waals surface area (Å²) in [5.41, 5.74) is 0.958. The van der Waals surface area contributed by atoms with Crippen LogP contribution in [0.3, 0.4) is 0 Å². The molecule has 2 rings (SSSR count). The van der Waals surface area contributed by atoms with Crippen LogP contribution in [0.2, 0.25) is 0 Å². The molecule has 0 saturated heterocycles. The SMILES string of the molecule is O=C(Nc1cc(C(=O)O)cc(C(=O)O)c1)Nc1nncs1. The predicted molar refractivity (Wildman–Crippen MR) is 72.9 cm³/mol. The van der Waals surface area contributed by atoms with Crippen molar-refractivity contribution in [2.75, 3.05) is 10.6 Å². The van der Waals surface area contributed by atoms with Crippen molar-refractivity contribution in [1.82, 2.24) is 10.2 Å². The van der Waals surface area contributed by atoms with Gasteiger partial charge in [-0.2, -0.15) is 0 Å². The van der Waals surface area contributed by atoms with Gasteiger partial charge in [0.1, 0.15) is 5.51 Å². The lowest BCUT2D eigenvalue weighted by Gasteiger charge is -2.07. The number of carboxylic acid groups (broad SMARTS) is 2. The van der Waals surface area contributed by atoms with Crippen LogP contribution >= 0.6 is 11.3 Å². The van der Waals surface area contributed by atoms with Crippen LogP contribution in [0.5, 0.6) is 0 Å². The predicted octanol–water partition coefficient (Wildman–Crippen LogP) is 1.58. The quantitative estimate of drug-likeness (QED) is 0.671. The fourth-order valence-corrected chi connectivity index (χ4v) is 1.87. The van der Waals surface area contributed by atoms with Crippen LogP contribution in [0.25, 0.3) is 0 Å². The second kappa shape index (κ2) is 5.96. The maximum atomic E-state index is 11.7. The van der Waals surface area contributed by atoms with Crippen molar-refractivity contribution < 1.29 is 24.6 Å². The minimum atomic E-state index is -1.30. The molecule has 1 aromatic carbocycles. The largest absolute Gasteiger partial charge is 0.478 e. The van der Waals surface area contributed by atoms with Gasteiger partial charge in [0.25, 0.3) is 0 Å². The number of rotatable bonds is 4. The number of aromatic carboxylic acids is 2. The normalized spacial score (nSPS) is 9.90. The highest BCUT2D eigenvalue weighted by Gasteiger charge is 2.13. The molecular formula is C11H8N4O5S. The second-order valence-corrected chi connectivity index (χ2v) is 4.57. The lowest BCUT2D eigenvalue weighted by Crippen LogP contribution is -2.20. The van der Waals surface area contributed by atoms with Crippen LogP contribution in [-0.4, -0.2) is 38.4 Å². The number of aromatic nitrogens is 2. The number of nitrogens with zero attached hydrogens (tertiary/aromatic N) is 2. The molecule has 21 heavy (non-hydrogen) atoms. The van der Waals surface area contributed by atoms with Gasteiger partial charge in [-0.05, 0) is 18.2 Å². The van der Waals surface area contributed by atoms with Gasteiger partial charge < -0.3 is 15.5 Å². The molecule has 0 aliphatic carbocycles. The average molecular weight is 308 g/mol. The number of urea groups is 1. The Morgan fingerprint density at radius 3 is 2.10 bits per heavy atom. The fourth-order valence-electron chi connectivity index (χ4n) is 1.43. The molecule has 0 atom stereocenters. The second-order valence-electron chi connectivity index (χ2n) is 3.73. The molecule has 0 radical (unpaired) electrons. The summed E-state index contributed by atoms with van der Waals surface area (Å²) in [7, 11) is 0. The molecule has 0 unspecified atom stereocenters. The third-order valence-corrected chi connectivity index (χ3v) is 2.87. The Kier molecular flexibility index (Phi) is 4.09. The van der Waals surface area contributed by atoms with Crippen LogP contribution in [-0.2, 0) is 0 Å². The van der Waals surface area contributed by atoms with Crippen LogP contribution in [0.4, 0.5) is 15.6 Å². The van der Waals surface area contributed by atoms with Crippen molar-refractivity contribution >= 4 is 40.1 Å². The zero-order valence-corrected chi connectivity index (χ0v) is 11.0. The summed E-state index contributed by atoms with van der Waals surface area (Å²) < 4.78 is 0. The highest BCUT2D eigenvalue weighted by molar-refractivity contribution is 7.13. The molecule has 4 N–H and O–H groups in total.